The maximum absolute atomic E-state index is 12.1. The second kappa shape index (κ2) is 7.34. The first kappa shape index (κ1) is 17.5. The van der Waals surface area contributed by atoms with Crippen LogP contribution in [-0.2, 0) is 4.79 Å². The molecular weight excluding hydrogens is 340 g/mol. The third kappa shape index (κ3) is 3.63. The van der Waals surface area contributed by atoms with E-state index < -0.39 is 0 Å². The number of carbonyl (C=O) groups excluding carboxylic acids is 1. The summed E-state index contributed by atoms with van der Waals surface area (Å²) in [6.45, 7) is 0. The number of hydrogen-bond donors (Lipinski definition) is 1. The van der Waals surface area contributed by atoms with Gasteiger partial charge in [-0.15, -0.1) is 5.10 Å². The van der Waals surface area contributed by atoms with Crippen LogP contribution in [0, 0.1) is 5.92 Å². The molecule has 3 heterocycles. The molecule has 1 N–H and O–H groups in total. The minimum Gasteiger partial charge on any atom is -0.366 e. The number of hydrogen-bond acceptors (Lipinski definition) is 5. The summed E-state index contributed by atoms with van der Waals surface area (Å²) >= 11 is 0. The minimum atomic E-state index is 0.153. The lowest BCUT2D eigenvalue weighted by molar-refractivity contribution is -0.133. The molecule has 7 nitrogen and oxygen atoms in total. The molecule has 27 heavy (non-hydrogen) atoms. The number of rotatable bonds is 4. The molecule has 1 aliphatic rings. The Kier molecular flexibility index (Phi) is 4.75. The number of aromatic nitrogens is 4. The Labute approximate surface area is 158 Å². The highest BCUT2D eigenvalue weighted by molar-refractivity contribution is 5.78. The molecule has 0 atom stereocenters. The maximum Gasteiger partial charge on any atom is 0.225 e. The molecule has 0 bridgehead atoms. The van der Waals surface area contributed by atoms with E-state index >= 15 is 0 Å². The van der Waals surface area contributed by atoms with Gasteiger partial charge in [0.05, 0.1) is 11.9 Å². The zero-order valence-corrected chi connectivity index (χ0v) is 15.7. The van der Waals surface area contributed by atoms with E-state index in [9.17, 15) is 4.79 Å². The lowest BCUT2D eigenvalue weighted by atomic mass is 9.85. The smallest absolute Gasteiger partial charge is 0.225 e. The van der Waals surface area contributed by atoms with Crippen LogP contribution in [0.1, 0.15) is 25.7 Å². The van der Waals surface area contributed by atoms with Crippen molar-refractivity contribution in [1.29, 1.82) is 0 Å². The van der Waals surface area contributed by atoms with Gasteiger partial charge in [0.15, 0.2) is 5.65 Å². The molecule has 1 aliphatic carbocycles. The first-order valence-corrected chi connectivity index (χ1v) is 9.34. The van der Waals surface area contributed by atoms with E-state index in [0.717, 1.165) is 48.4 Å². The van der Waals surface area contributed by atoms with Gasteiger partial charge in [-0.25, -0.2) is 9.50 Å². The monoisotopic (exact) mass is 364 g/mol. The summed E-state index contributed by atoms with van der Waals surface area (Å²) in [6, 6.07) is 8.19. The minimum absolute atomic E-state index is 0.153. The Morgan fingerprint density at radius 3 is 2.56 bits per heavy atom. The molecule has 1 fully saturated rings. The van der Waals surface area contributed by atoms with Crippen LogP contribution in [0.25, 0.3) is 16.9 Å². The highest BCUT2D eigenvalue weighted by Crippen LogP contribution is 2.28. The van der Waals surface area contributed by atoms with Gasteiger partial charge < -0.3 is 10.2 Å². The number of pyridine rings is 1. The average Bonchev–Trinajstić information content (AvgIpc) is 3.12. The number of amides is 1. The van der Waals surface area contributed by atoms with Crippen LogP contribution < -0.4 is 5.32 Å². The quantitative estimate of drug-likeness (QED) is 0.770. The summed E-state index contributed by atoms with van der Waals surface area (Å²) in [7, 11) is 3.66. The van der Waals surface area contributed by atoms with Crippen molar-refractivity contribution in [2.24, 2.45) is 5.92 Å². The fourth-order valence-electron chi connectivity index (χ4n) is 3.73. The first-order chi connectivity index (χ1) is 13.1. The van der Waals surface area contributed by atoms with Crippen LogP contribution in [0.15, 0.2) is 42.9 Å². The van der Waals surface area contributed by atoms with Crippen LogP contribution in [0.3, 0.4) is 0 Å². The van der Waals surface area contributed by atoms with E-state index in [1.807, 2.05) is 49.1 Å². The predicted molar refractivity (Wildman–Crippen MR) is 104 cm³/mol. The van der Waals surface area contributed by atoms with Gasteiger partial charge >= 0.3 is 0 Å². The Hall–Kier alpha value is -2.96. The summed E-state index contributed by atoms with van der Waals surface area (Å²) in [6.07, 6.45) is 9.17. The van der Waals surface area contributed by atoms with Crippen LogP contribution >= 0.6 is 0 Å². The fraction of sp³-hybridized carbons (Fsp3) is 0.400. The molecule has 1 saturated carbocycles. The number of anilines is 1. The van der Waals surface area contributed by atoms with Crippen molar-refractivity contribution in [1.82, 2.24) is 24.5 Å². The van der Waals surface area contributed by atoms with E-state index in [1.165, 1.54) is 0 Å². The summed E-state index contributed by atoms with van der Waals surface area (Å²) in [5.74, 6) is 1.23. The van der Waals surface area contributed by atoms with Crippen molar-refractivity contribution in [3.63, 3.8) is 0 Å². The lowest BCUT2D eigenvalue weighted by Crippen LogP contribution is -2.35. The average molecular weight is 364 g/mol. The third-order valence-corrected chi connectivity index (χ3v) is 5.21. The van der Waals surface area contributed by atoms with Gasteiger partial charge in [0, 0.05) is 44.0 Å². The fourth-order valence-corrected chi connectivity index (χ4v) is 3.73. The van der Waals surface area contributed by atoms with Gasteiger partial charge in [-0.3, -0.25) is 9.78 Å². The van der Waals surface area contributed by atoms with Gasteiger partial charge in [-0.2, -0.15) is 0 Å². The van der Waals surface area contributed by atoms with E-state index in [0.29, 0.717) is 6.04 Å². The molecule has 0 radical (unpaired) electrons. The molecule has 0 aliphatic heterocycles. The van der Waals surface area contributed by atoms with Crippen molar-refractivity contribution in [2.75, 3.05) is 19.4 Å². The summed E-state index contributed by atoms with van der Waals surface area (Å²) < 4.78 is 1.86. The van der Waals surface area contributed by atoms with Crippen LogP contribution in [0.2, 0.25) is 0 Å². The lowest BCUT2D eigenvalue weighted by Gasteiger charge is -2.30. The second-order valence-electron chi connectivity index (χ2n) is 7.29. The molecule has 3 aromatic rings. The molecule has 0 unspecified atom stereocenters. The van der Waals surface area contributed by atoms with E-state index in [2.05, 4.69) is 15.3 Å². The maximum atomic E-state index is 12.1. The molecule has 0 saturated heterocycles. The zero-order valence-electron chi connectivity index (χ0n) is 15.7. The van der Waals surface area contributed by atoms with Gasteiger partial charge in [0.1, 0.15) is 5.82 Å². The molecule has 140 valence electrons. The highest BCUT2D eigenvalue weighted by Gasteiger charge is 2.27. The van der Waals surface area contributed by atoms with Gasteiger partial charge in [0.25, 0.3) is 0 Å². The number of fused-ring (bicyclic) bond motifs is 1. The van der Waals surface area contributed by atoms with Crippen LogP contribution in [-0.4, -0.2) is 50.5 Å². The van der Waals surface area contributed by atoms with Crippen molar-refractivity contribution in [3.8, 4) is 11.3 Å². The molecule has 7 heteroatoms. The van der Waals surface area contributed by atoms with Gasteiger partial charge in [-0.1, -0.05) is 0 Å². The van der Waals surface area contributed by atoms with Crippen molar-refractivity contribution in [3.05, 3.63) is 42.9 Å². The van der Waals surface area contributed by atoms with E-state index in [-0.39, 0.29) is 11.8 Å². The van der Waals surface area contributed by atoms with E-state index in [4.69, 9.17) is 5.10 Å². The third-order valence-electron chi connectivity index (χ3n) is 5.21. The van der Waals surface area contributed by atoms with Crippen molar-refractivity contribution < 1.29 is 4.79 Å². The standard InChI is InChI=1S/C20H24N6O/c1-25(2)20(27)15-3-5-16(6-4-15)23-18-7-8-19-22-13-17(26(19)24-18)14-9-11-21-12-10-14/h7-13,15-16H,3-6H2,1-2H3,(H,23,24). The van der Waals surface area contributed by atoms with E-state index in [1.54, 1.807) is 17.3 Å². The molecule has 1 amide bonds. The molecular formula is C20H24N6O. The summed E-state index contributed by atoms with van der Waals surface area (Å²) in [5, 5.41) is 8.27. The normalized spacial score (nSPS) is 19.8. The van der Waals surface area contributed by atoms with Crippen molar-refractivity contribution >= 4 is 17.4 Å². The van der Waals surface area contributed by atoms with Crippen molar-refractivity contribution in [2.45, 2.75) is 31.7 Å². The molecule has 4 rings (SSSR count). The summed E-state index contributed by atoms with van der Waals surface area (Å²) in [4.78, 5) is 22.3. The second-order valence-corrected chi connectivity index (χ2v) is 7.29. The number of imidazole rings is 1. The number of nitrogens with zero attached hydrogens (tertiary/aromatic N) is 5. The Morgan fingerprint density at radius 2 is 1.85 bits per heavy atom. The highest BCUT2D eigenvalue weighted by atomic mass is 16.2. The first-order valence-electron chi connectivity index (χ1n) is 9.34. The topological polar surface area (TPSA) is 75.4 Å². The van der Waals surface area contributed by atoms with Gasteiger partial charge in [0.2, 0.25) is 5.91 Å². The number of carbonyl (C=O) groups is 1. The van der Waals surface area contributed by atoms with Gasteiger partial charge in [-0.05, 0) is 49.9 Å². The molecule has 0 aromatic carbocycles. The molecule has 0 spiro atoms. The molecule has 3 aromatic heterocycles. The number of nitrogens with one attached hydrogen (secondary N) is 1. The van der Waals surface area contributed by atoms with Crippen LogP contribution in [0.5, 0.6) is 0 Å². The SMILES string of the molecule is CN(C)C(=O)C1CCC(Nc2ccc3ncc(-c4ccncc4)n3n2)CC1. The predicted octanol–water partition coefficient (Wildman–Crippen LogP) is 2.85. The Balaban J connectivity index is 1.48. The Morgan fingerprint density at radius 1 is 1.11 bits per heavy atom. The summed E-state index contributed by atoms with van der Waals surface area (Å²) in [5.41, 5.74) is 2.79. The Bertz CT molecular complexity index is 928. The van der Waals surface area contributed by atoms with Crippen LogP contribution in [0.4, 0.5) is 5.82 Å². The zero-order chi connectivity index (χ0) is 18.8. The largest absolute Gasteiger partial charge is 0.366 e.